The molecule has 0 saturated carbocycles. The summed E-state index contributed by atoms with van der Waals surface area (Å²) in [5.74, 6) is -1.32. The molecule has 13 heavy (non-hydrogen) atoms. The van der Waals surface area contributed by atoms with E-state index >= 15 is 0 Å². The Balaban J connectivity index is 2.90. The van der Waals surface area contributed by atoms with Crippen molar-refractivity contribution in [2.75, 3.05) is 5.73 Å². The number of rotatable bonds is 1. The van der Waals surface area contributed by atoms with E-state index in [1.165, 1.54) is 0 Å². The average Bonchev–Trinajstić information content (AvgIpc) is 1.93. The second kappa shape index (κ2) is 3.12. The van der Waals surface area contributed by atoms with Gasteiger partial charge in [0, 0.05) is 6.07 Å². The molecule has 0 atom stereocenters. The smallest absolute Gasteiger partial charge is 0.404 e. The van der Waals surface area contributed by atoms with Crippen molar-refractivity contribution in [1.29, 1.82) is 0 Å². The van der Waals surface area contributed by atoms with Gasteiger partial charge in [-0.05, 0) is 12.1 Å². The highest BCUT2D eigenvalue weighted by atomic mass is 19.4. The van der Waals surface area contributed by atoms with E-state index in [9.17, 15) is 17.6 Å². The van der Waals surface area contributed by atoms with Gasteiger partial charge in [0.1, 0.15) is 5.82 Å². The first kappa shape index (κ1) is 9.63. The molecule has 1 aromatic rings. The lowest BCUT2D eigenvalue weighted by Gasteiger charge is -2.10. The van der Waals surface area contributed by atoms with Crippen LogP contribution in [0.4, 0.5) is 23.2 Å². The summed E-state index contributed by atoms with van der Waals surface area (Å²) in [6.07, 6.45) is -4.81. The Morgan fingerprint density at radius 3 is 2.31 bits per heavy atom. The molecule has 0 amide bonds. The van der Waals surface area contributed by atoms with Crippen molar-refractivity contribution < 1.29 is 22.3 Å². The van der Waals surface area contributed by atoms with Crippen molar-refractivity contribution >= 4 is 5.69 Å². The first-order chi connectivity index (χ1) is 5.88. The Morgan fingerprint density at radius 1 is 1.23 bits per heavy atom. The van der Waals surface area contributed by atoms with Crippen molar-refractivity contribution in [3.8, 4) is 5.75 Å². The summed E-state index contributed by atoms with van der Waals surface area (Å²) in [6, 6.07) is 2.40. The molecule has 0 bridgehead atoms. The van der Waals surface area contributed by atoms with Crippen LogP contribution in [0, 0.1) is 5.82 Å². The van der Waals surface area contributed by atoms with Gasteiger partial charge in [0.25, 0.3) is 0 Å². The molecule has 72 valence electrons. The van der Waals surface area contributed by atoms with Crippen LogP contribution in [-0.2, 0) is 0 Å². The van der Waals surface area contributed by atoms with Gasteiger partial charge < -0.3 is 10.5 Å². The Labute approximate surface area is 70.9 Å². The normalized spacial score (nSPS) is 11.4. The van der Waals surface area contributed by atoms with Crippen LogP contribution >= 0.6 is 0 Å². The van der Waals surface area contributed by atoms with Gasteiger partial charge in [0.15, 0.2) is 5.75 Å². The molecule has 6 heteroatoms. The molecule has 0 aliphatic heterocycles. The van der Waals surface area contributed by atoms with E-state index in [-0.39, 0.29) is 0 Å². The van der Waals surface area contributed by atoms with Gasteiger partial charge in [-0.2, -0.15) is 0 Å². The van der Waals surface area contributed by atoms with Crippen molar-refractivity contribution in [3.05, 3.63) is 24.0 Å². The largest absolute Gasteiger partial charge is 0.573 e. The van der Waals surface area contributed by atoms with E-state index in [1.807, 2.05) is 0 Å². The predicted octanol–water partition coefficient (Wildman–Crippen LogP) is 2.31. The number of hydrogen-bond donors (Lipinski definition) is 1. The number of ether oxygens (including phenoxy) is 1. The standard InChI is InChI=1S/C7H5F4NO/c8-4-1-2-6(5(12)3-4)13-7(9,10)11/h1-3H,12H2. The number of halogens is 4. The average molecular weight is 195 g/mol. The summed E-state index contributed by atoms with van der Waals surface area (Å²) in [5, 5.41) is 0. The molecule has 0 aliphatic rings. The maximum atomic E-state index is 12.4. The zero-order valence-electron chi connectivity index (χ0n) is 6.23. The number of anilines is 1. The molecular formula is C7H5F4NO. The summed E-state index contributed by atoms with van der Waals surface area (Å²) in [4.78, 5) is 0. The first-order valence-corrected chi connectivity index (χ1v) is 3.19. The molecule has 2 N–H and O–H groups in total. The quantitative estimate of drug-likeness (QED) is 0.551. The van der Waals surface area contributed by atoms with Crippen molar-refractivity contribution in [2.24, 2.45) is 0 Å². The molecule has 0 saturated heterocycles. The minimum atomic E-state index is -4.81. The fourth-order valence-electron chi connectivity index (χ4n) is 0.737. The number of hydrogen-bond acceptors (Lipinski definition) is 2. The van der Waals surface area contributed by atoms with Crippen LogP contribution in [-0.4, -0.2) is 6.36 Å². The predicted molar refractivity (Wildman–Crippen MR) is 37.5 cm³/mol. The molecule has 0 aromatic heterocycles. The van der Waals surface area contributed by atoms with E-state index in [4.69, 9.17) is 5.73 Å². The van der Waals surface area contributed by atoms with Gasteiger partial charge in [-0.25, -0.2) is 4.39 Å². The first-order valence-electron chi connectivity index (χ1n) is 3.19. The van der Waals surface area contributed by atoms with Crippen molar-refractivity contribution in [1.82, 2.24) is 0 Å². The van der Waals surface area contributed by atoms with E-state index in [0.717, 1.165) is 18.2 Å². The van der Waals surface area contributed by atoms with Gasteiger partial charge >= 0.3 is 6.36 Å². The van der Waals surface area contributed by atoms with Gasteiger partial charge in [0.2, 0.25) is 0 Å². The third kappa shape index (κ3) is 2.81. The zero-order chi connectivity index (χ0) is 10.1. The number of nitrogen functional groups attached to an aromatic ring is 1. The highest BCUT2D eigenvalue weighted by Crippen LogP contribution is 2.28. The van der Waals surface area contributed by atoms with E-state index < -0.39 is 23.6 Å². The Morgan fingerprint density at radius 2 is 1.85 bits per heavy atom. The third-order valence-corrected chi connectivity index (χ3v) is 1.20. The maximum Gasteiger partial charge on any atom is 0.573 e. The van der Waals surface area contributed by atoms with Crippen LogP contribution in [0.2, 0.25) is 0 Å². The monoisotopic (exact) mass is 195 g/mol. The van der Waals surface area contributed by atoms with Crippen LogP contribution < -0.4 is 10.5 Å². The minimum Gasteiger partial charge on any atom is -0.404 e. The zero-order valence-corrected chi connectivity index (χ0v) is 6.23. The lowest BCUT2D eigenvalue weighted by Crippen LogP contribution is -2.18. The lowest BCUT2D eigenvalue weighted by atomic mass is 10.3. The van der Waals surface area contributed by atoms with E-state index in [1.54, 1.807) is 0 Å². The van der Waals surface area contributed by atoms with Crippen LogP contribution in [0.1, 0.15) is 0 Å². The highest BCUT2D eigenvalue weighted by Gasteiger charge is 2.31. The molecule has 1 rings (SSSR count). The van der Waals surface area contributed by atoms with Crippen LogP contribution in [0.3, 0.4) is 0 Å². The Bertz CT molecular complexity index is 310. The van der Waals surface area contributed by atoms with Crippen LogP contribution in [0.5, 0.6) is 5.75 Å². The second-order valence-electron chi connectivity index (χ2n) is 2.23. The molecule has 0 heterocycles. The van der Waals surface area contributed by atoms with E-state index in [0.29, 0.717) is 0 Å². The molecular weight excluding hydrogens is 190 g/mol. The van der Waals surface area contributed by atoms with Gasteiger partial charge in [-0.15, -0.1) is 13.2 Å². The minimum absolute atomic E-state index is 0.391. The van der Waals surface area contributed by atoms with Crippen LogP contribution in [0.15, 0.2) is 18.2 Å². The van der Waals surface area contributed by atoms with Crippen molar-refractivity contribution in [2.45, 2.75) is 6.36 Å². The molecule has 0 aliphatic carbocycles. The van der Waals surface area contributed by atoms with E-state index in [2.05, 4.69) is 4.74 Å². The topological polar surface area (TPSA) is 35.2 Å². The highest BCUT2D eigenvalue weighted by molar-refractivity contribution is 5.52. The molecule has 0 fully saturated rings. The molecule has 1 aromatic carbocycles. The number of benzene rings is 1. The summed E-state index contributed by atoms with van der Waals surface area (Å²) in [7, 11) is 0. The molecule has 0 unspecified atom stereocenters. The molecule has 0 radical (unpaired) electrons. The Kier molecular flexibility index (Phi) is 2.31. The van der Waals surface area contributed by atoms with Gasteiger partial charge in [-0.3, -0.25) is 0 Å². The molecule has 2 nitrogen and oxygen atoms in total. The van der Waals surface area contributed by atoms with Gasteiger partial charge in [-0.1, -0.05) is 0 Å². The molecule has 0 spiro atoms. The van der Waals surface area contributed by atoms with Crippen molar-refractivity contribution in [3.63, 3.8) is 0 Å². The van der Waals surface area contributed by atoms with Gasteiger partial charge in [0.05, 0.1) is 5.69 Å². The van der Waals surface area contributed by atoms with Crippen LogP contribution in [0.25, 0.3) is 0 Å². The second-order valence-corrected chi connectivity index (χ2v) is 2.23. The summed E-state index contributed by atoms with van der Waals surface area (Å²) in [6.45, 7) is 0. The number of nitrogens with two attached hydrogens (primary N) is 1. The third-order valence-electron chi connectivity index (χ3n) is 1.20. The maximum absolute atomic E-state index is 12.4. The fourth-order valence-corrected chi connectivity index (χ4v) is 0.737. The summed E-state index contributed by atoms with van der Waals surface area (Å²) < 4.78 is 50.8. The SMILES string of the molecule is Nc1cc(F)ccc1OC(F)(F)F. The lowest BCUT2D eigenvalue weighted by molar-refractivity contribution is -0.274. The Hall–Kier alpha value is -1.46. The fraction of sp³-hybridized carbons (Fsp3) is 0.143. The summed E-state index contributed by atoms with van der Waals surface area (Å²) >= 11 is 0. The number of alkyl halides is 3. The summed E-state index contributed by atoms with van der Waals surface area (Å²) in [5.41, 5.74) is 4.67.